The van der Waals surface area contributed by atoms with Crippen molar-refractivity contribution in [2.75, 3.05) is 20.3 Å². The average molecular weight is 137 g/mol. The predicted molar refractivity (Wildman–Crippen MR) is 38.6 cm³/mol. The molecule has 0 N–H and O–H groups in total. The molecule has 10 heavy (non-hydrogen) atoms. The topological polar surface area (TPSA) is 12.5 Å². The van der Waals surface area contributed by atoms with Crippen LogP contribution in [0.15, 0.2) is 18.0 Å². The molecule has 0 radical (unpaired) electrons. The zero-order chi connectivity index (χ0) is 7.03. The van der Waals surface area contributed by atoms with Crippen molar-refractivity contribution < 1.29 is 4.74 Å². The molecule has 0 bridgehead atoms. The summed E-state index contributed by atoms with van der Waals surface area (Å²) in [7, 11) is 2.09. The third-order valence-corrected chi connectivity index (χ3v) is 2.36. The molecule has 2 rings (SSSR count). The van der Waals surface area contributed by atoms with Gasteiger partial charge in [0.05, 0.1) is 18.8 Å². The van der Waals surface area contributed by atoms with Crippen molar-refractivity contribution in [3.63, 3.8) is 0 Å². The second-order valence-corrected chi connectivity index (χ2v) is 3.03. The van der Waals surface area contributed by atoms with E-state index in [2.05, 4.69) is 23.8 Å². The van der Waals surface area contributed by atoms with E-state index < -0.39 is 0 Å². The molecule has 0 unspecified atom stereocenters. The quantitative estimate of drug-likeness (QED) is 0.457. The van der Waals surface area contributed by atoms with Gasteiger partial charge in [-0.05, 0) is 6.08 Å². The number of rotatable bonds is 0. The molecule has 0 aromatic rings. The van der Waals surface area contributed by atoms with Gasteiger partial charge in [-0.1, -0.05) is 0 Å². The fraction of sp³-hybridized carbons (Fsp3) is 0.625. The van der Waals surface area contributed by atoms with Crippen molar-refractivity contribution in [2.24, 2.45) is 0 Å². The van der Waals surface area contributed by atoms with E-state index in [0.29, 0.717) is 5.54 Å². The summed E-state index contributed by atoms with van der Waals surface area (Å²) >= 11 is 0. The summed E-state index contributed by atoms with van der Waals surface area (Å²) in [6.07, 6.45) is 5.16. The van der Waals surface area contributed by atoms with Gasteiger partial charge in [0, 0.05) is 19.7 Å². The lowest BCUT2D eigenvalue weighted by Crippen LogP contribution is -2.59. The summed E-state index contributed by atoms with van der Waals surface area (Å²) in [5.74, 6) is 0. The van der Waals surface area contributed by atoms with Gasteiger partial charge in [0.15, 0.2) is 0 Å². The minimum absolute atomic E-state index is 0.297. The highest BCUT2D eigenvalue weighted by Crippen LogP contribution is 2.29. The fourth-order valence-electron chi connectivity index (χ4n) is 1.35. The molecule has 2 nitrogen and oxygen atoms in total. The van der Waals surface area contributed by atoms with E-state index >= 15 is 0 Å². The van der Waals surface area contributed by atoms with Gasteiger partial charge in [0.25, 0.3) is 0 Å². The first-order valence-corrected chi connectivity index (χ1v) is 3.55. The van der Waals surface area contributed by atoms with Gasteiger partial charge in [-0.25, -0.2) is 0 Å². The summed E-state index contributed by atoms with van der Waals surface area (Å²) in [6, 6.07) is 0. The standard InChI is InChI=1S/C8H11NO/c1-9-5-3-2-4-8(9)6-10-7-8/h2,5H,4,6-7H2,1H3. The molecule has 0 amide bonds. The van der Waals surface area contributed by atoms with Gasteiger partial charge < -0.3 is 9.64 Å². The molecule has 2 aliphatic rings. The highest BCUT2D eigenvalue weighted by atomic mass is 16.5. The molecule has 0 saturated carbocycles. The molecule has 1 spiro atoms. The van der Waals surface area contributed by atoms with Crippen LogP contribution in [0.1, 0.15) is 6.42 Å². The molecule has 2 aliphatic heterocycles. The maximum absolute atomic E-state index is 5.18. The smallest absolute Gasteiger partial charge is 0.0904 e. The predicted octanol–water partition coefficient (Wildman–Crippen LogP) is 0.760. The summed E-state index contributed by atoms with van der Waals surface area (Å²) in [4.78, 5) is 2.20. The molecular formula is C8H11NO. The molecule has 54 valence electrons. The van der Waals surface area contributed by atoms with E-state index in [0.717, 1.165) is 19.6 Å². The Morgan fingerprint density at radius 2 is 2.40 bits per heavy atom. The van der Waals surface area contributed by atoms with Crippen molar-refractivity contribution in [2.45, 2.75) is 12.0 Å². The largest absolute Gasteiger partial charge is 0.376 e. The molecule has 2 heterocycles. The Hall–Kier alpha value is -0.720. The Morgan fingerprint density at radius 3 is 2.80 bits per heavy atom. The minimum Gasteiger partial charge on any atom is -0.376 e. The normalized spacial score (nSPS) is 27.1. The number of hydrogen-bond donors (Lipinski definition) is 0. The van der Waals surface area contributed by atoms with E-state index in [-0.39, 0.29) is 0 Å². The van der Waals surface area contributed by atoms with Crippen molar-refractivity contribution in [1.29, 1.82) is 0 Å². The Bertz CT molecular complexity index is 199. The Labute approximate surface area is 60.8 Å². The van der Waals surface area contributed by atoms with Crippen LogP contribution in [0.4, 0.5) is 0 Å². The van der Waals surface area contributed by atoms with Gasteiger partial charge in [-0.3, -0.25) is 0 Å². The first-order chi connectivity index (χ1) is 4.83. The first-order valence-electron chi connectivity index (χ1n) is 3.55. The molecular weight excluding hydrogens is 126 g/mol. The SMILES string of the molecule is CN1C=C=CCC12COC2. The molecule has 1 fully saturated rings. The third-order valence-electron chi connectivity index (χ3n) is 2.36. The third kappa shape index (κ3) is 0.634. The Balaban J connectivity index is 2.19. The maximum atomic E-state index is 5.18. The van der Waals surface area contributed by atoms with Gasteiger partial charge in [0.1, 0.15) is 0 Å². The van der Waals surface area contributed by atoms with Gasteiger partial charge in [0.2, 0.25) is 0 Å². The van der Waals surface area contributed by atoms with Crippen molar-refractivity contribution in [3.8, 4) is 0 Å². The molecule has 0 aliphatic carbocycles. The second-order valence-electron chi connectivity index (χ2n) is 3.03. The van der Waals surface area contributed by atoms with Crippen LogP contribution in [0, 0.1) is 0 Å². The molecule has 0 aromatic heterocycles. The monoisotopic (exact) mass is 137 g/mol. The number of hydrogen-bond acceptors (Lipinski definition) is 2. The average Bonchev–Trinajstić information content (AvgIpc) is 1.85. The number of likely N-dealkylation sites (N-methyl/N-ethyl adjacent to an activating group) is 1. The lowest BCUT2D eigenvalue weighted by atomic mass is 9.90. The zero-order valence-corrected chi connectivity index (χ0v) is 6.13. The lowest BCUT2D eigenvalue weighted by molar-refractivity contribution is -0.116. The van der Waals surface area contributed by atoms with Crippen LogP contribution in [-0.2, 0) is 4.74 Å². The van der Waals surface area contributed by atoms with Crippen molar-refractivity contribution in [3.05, 3.63) is 18.0 Å². The van der Waals surface area contributed by atoms with E-state index in [1.807, 2.05) is 6.20 Å². The fourth-order valence-corrected chi connectivity index (χ4v) is 1.35. The van der Waals surface area contributed by atoms with Gasteiger partial charge >= 0.3 is 0 Å². The highest BCUT2D eigenvalue weighted by molar-refractivity contribution is 5.08. The molecule has 0 atom stereocenters. The maximum Gasteiger partial charge on any atom is 0.0904 e. The van der Waals surface area contributed by atoms with Crippen LogP contribution in [0.5, 0.6) is 0 Å². The van der Waals surface area contributed by atoms with Gasteiger partial charge in [-0.15, -0.1) is 5.73 Å². The number of nitrogens with zero attached hydrogens (tertiary/aromatic N) is 1. The van der Waals surface area contributed by atoms with Crippen LogP contribution >= 0.6 is 0 Å². The molecule has 0 aromatic carbocycles. The van der Waals surface area contributed by atoms with Crippen molar-refractivity contribution >= 4 is 0 Å². The van der Waals surface area contributed by atoms with Crippen LogP contribution in [0.3, 0.4) is 0 Å². The first kappa shape index (κ1) is 6.02. The summed E-state index contributed by atoms with van der Waals surface area (Å²) in [6.45, 7) is 1.75. The van der Waals surface area contributed by atoms with E-state index in [4.69, 9.17) is 4.74 Å². The minimum atomic E-state index is 0.297. The summed E-state index contributed by atoms with van der Waals surface area (Å²) in [5.41, 5.74) is 3.38. The molecule has 2 heteroatoms. The Morgan fingerprint density at radius 1 is 1.60 bits per heavy atom. The van der Waals surface area contributed by atoms with Crippen LogP contribution in [-0.4, -0.2) is 30.7 Å². The lowest BCUT2D eigenvalue weighted by Gasteiger charge is -2.47. The van der Waals surface area contributed by atoms with Gasteiger partial charge in [-0.2, -0.15) is 0 Å². The van der Waals surface area contributed by atoms with Crippen LogP contribution < -0.4 is 0 Å². The number of ether oxygens (including phenoxy) is 1. The second kappa shape index (κ2) is 1.88. The van der Waals surface area contributed by atoms with E-state index in [9.17, 15) is 0 Å². The summed E-state index contributed by atoms with van der Waals surface area (Å²) < 4.78 is 5.18. The zero-order valence-electron chi connectivity index (χ0n) is 6.13. The van der Waals surface area contributed by atoms with E-state index in [1.54, 1.807) is 0 Å². The van der Waals surface area contributed by atoms with Crippen molar-refractivity contribution in [1.82, 2.24) is 4.90 Å². The molecule has 1 saturated heterocycles. The van der Waals surface area contributed by atoms with E-state index in [1.165, 1.54) is 0 Å². The Kier molecular flexibility index (Phi) is 1.13. The highest BCUT2D eigenvalue weighted by Gasteiger charge is 2.41. The van der Waals surface area contributed by atoms with Crippen LogP contribution in [0.25, 0.3) is 0 Å². The van der Waals surface area contributed by atoms with Crippen LogP contribution in [0.2, 0.25) is 0 Å². The summed E-state index contributed by atoms with van der Waals surface area (Å²) in [5, 5.41) is 0.